The predicted molar refractivity (Wildman–Crippen MR) is 126 cm³/mol. The smallest absolute Gasteiger partial charge is 0.265 e. The van der Waals surface area contributed by atoms with Crippen molar-refractivity contribution >= 4 is 27.3 Å². The van der Waals surface area contributed by atoms with Crippen LogP contribution in [-0.4, -0.2) is 33.7 Å². The van der Waals surface area contributed by atoms with E-state index >= 15 is 0 Å². The van der Waals surface area contributed by atoms with E-state index in [1.165, 1.54) is 11.4 Å². The van der Waals surface area contributed by atoms with Gasteiger partial charge in [0.15, 0.2) is 6.10 Å². The summed E-state index contributed by atoms with van der Waals surface area (Å²) in [5.41, 5.74) is 1.14. The van der Waals surface area contributed by atoms with Gasteiger partial charge in [-0.15, -0.1) is 0 Å². The van der Waals surface area contributed by atoms with Crippen molar-refractivity contribution in [2.75, 3.05) is 22.9 Å². The zero-order chi connectivity index (χ0) is 23.1. The molecule has 0 aliphatic rings. The van der Waals surface area contributed by atoms with Crippen molar-refractivity contribution in [3.63, 3.8) is 0 Å². The number of ether oxygens (including phenoxy) is 2. The number of nitrogens with one attached hydrogen (secondary N) is 1. The number of carbonyl (C=O) groups excluding carboxylic acids is 1. The SMILES string of the molecule is CC[C@H](Oc1ccc(N(C)S(C)(=O)=O)cc1)C(=O)Nc1ccc(Oc2ccccc2)cc1. The monoisotopic (exact) mass is 454 g/mol. The molecule has 0 radical (unpaired) electrons. The number of amides is 1. The Morgan fingerprint density at radius 1 is 0.906 bits per heavy atom. The molecule has 168 valence electrons. The first-order valence-electron chi connectivity index (χ1n) is 10.1. The van der Waals surface area contributed by atoms with Gasteiger partial charge < -0.3 is 14.8 Å². The van der Waals surface area contributed by atoms with Crippen LogP contribution in [0.3, 0.4) is 0 Å². The lowest BCUT2D eigenvalue weighted by Gasteiger charge is -2.19. The van der Waals surface area contributed by atoms with Crippen molar-refractivity contribution in [3.8, 4) is 17.2 Å². The predicted octanol–water partition coefficient (Wildman–Crippen LogP) is 4.67. The van der Waals surface area contributed by atoms with Gasteiger partial charge in [0.2, 0.25) is 10.0 Å². The molecule has 3 aromatic rings. The van der Waals surface area contributed by atoms with Crippen LogP contribution in [0.15, 0.2) is 78.9 Å². The summed E-state index contributed by atoms with van der Waals surface area (Å²) >= 11 is 0. The summed E-state index contributed by atoms with van der Waals surface area (Å²) in [5, 5.41) is 2.85. The highest BCUT2D eigenvalue weighted by atomic mass is 32.2. The number of nitrogens with zero attached hydrogens (tertiary/aromatic N) is 1. The highest BCUT2D eigenvalue weighted by Crippen LogP contribution is 2.24. The zero-order valence-corrected chi connectivity index (χ0v) is 19.0. The van der Waals surface area contributed by atoms with Gasteiger partial charge in [0, 0.05) is 12.7 Å². The molecule has 3 aromatic carbocycles. The van der Waals surface area contributed by atoms with Crippen LogP contribution in [0, 0.1) is 0 Å². The normalized spacial score (nSPS) is 12.0. The Bertz CT molecular complexity index is 1130. The van der Waals surface area contributed by atoms with Crippen LogP contribution >= 0.6 is 0 Å². The Balaban J connectivity index is 1.60. The molecule has 0 aliphatic heterocycles. The zero-order valence-electron chi connectivity index (χ0n) is 18.2. The van der Waals surface area contributed by atoms with E-state index in [2.05, 4.69) is 5.32 Å². The Morgan fingerprint density at radius 3 is 2.03 bits per heavy atom. The molecule has 0 heterocycles. The molecule has 0 aromatic heterocycles. The van der Waals surface area contributed by atoms with Crippen molar-refractivity contribution in [1.29, 1.82) is 0 Å². The molecule has 0 saturated carbocycles. The average Bonchev–Trinajstić information content (AvgIpc) is 2.78. The van der Waals surface area contributed by atoms with Crippen LogP contribution in [0.25, 0.3) is 0 Å². The first-order chi connectivity index (χ1) is 15.3. The third-order valence-electron chi connectivity index (χ3n) is 4.74. The summed E-state index contributed by atoms with van der Waals surface area (Å²) in [6.45, 7) is 1.85. The number of para-hydroxylation sites is 1. The van der Waals surface area contributed by atoms with Gasteiger partial charge in [0.25, 0.3) is 5.91 Å². The summed E-state index contributed by atoms with van der Waals surface area (Å²) in [4.78, 5) is 12.7. The first-order valence-corrected chi connectivity index (χ1v) is 12.0. The van der Waals surface area contributed by atoms with Gasteiger partial charge in [-0.3, -0.25) is 9.10 Å². The molecule has 1 amide bonds. The second-order valence-corrected chi connectivity index (χ2v) is 9.18. The van der Waals surface area contributed by atoms with Crippen LogP contribution in [0.5, 0.6) is 17.2 Å². The van der Waals surface area contributed by atoms with Gasteiger partial charge in [-0.2, -0.15) is 0 Å². The fourth-order valence-electron chi connectivity index (χ4n) is 2.87. The lowest BCUT2D eigenvalue weighted by atomic mass is 10.2. The largest absolute Gasteiger partial charge is 0.481 e. The molecule has 0 bridgehead atoms. The van der Waals surface area contributed by atoms with Crippen molar-refractivity contribution in [2.24, 2.45) is 0 Å². The minimum Gasteiger partial charge on any atom is -0.481 e. The van der Waals surface area contributed by atoms with E-state index in [4.69, 9.17) is 9.47 Å². The maximum Gasteiger partial charge on any atom is 0.265 e. The molecule has 1 atom stereocenters. The minimum absolute atomic E-state index is 0.276. The van der Waals surface area contributed by atoms with Gasteiger partial charge in [-0.1, -0.05) is 25.1 Å². The summed E-state index contributed by atoms with van der Waals surface area (Å²) < 4.78 is 36.0. The van der Waals surface area contributed by atoms with E-state index < -0.39 is 16.1 Å². The third kappa shape index (κ3) is 6.24. The molecule has 0 unspecified atom stereocenters. The Hall–Kier alpha value is -3.52. The van der Waals surface area contributed by atoms with E-state index in [1.54, 1.807) is 48.5 Å². The van der Waals surface area contributed by atoms with E-state index in [1.807, 2.05) is 37.3 Å². The number of rotatable bonds is 9. The molecule has 1 N–H and O–H groups in total. The molecular weight excluding hydrogens is 428 g/mol. The molecule has 8 heteroatoms. The van der Waals surface area contributed by atoms with E-state index in [9.17, 15) is 13.2 Å². The lowest BCUT2D eigenvalue weighted by Crippen LogP contribution is -2.32. The summed E-state index contributed by atoms with van der Waals surface area (Å²) in [7, 11) is -1.87. The number of anilines is 2. The second-order valence-electron chi connectivity index (χ2n) is 7.17. The third-order valence-corrected chi connectivity index (χ3v) is 5.95. The summed E-state index contributed by atoms with van der Waals surface area (Å²) in [6, 6.07) is 23.1. The molecule has 7 nitrogen and oxygen atoms in total. The number of hydrogen-bond donors (Lipinski definition) is 1. The molecule has 0 saturated heterocycles. The first kappa shape index (κ1) is 23.1. The fraction of sp³-hybridized carbons (Fsp3) is 0.208. The van der Waals surface area contributed by atoms with Crippen LogP contribution in [0.4, 0.5) is 11.4 Å². The van der Waals surface area contributed by atoms with Gasteiger partial charge in [0.05, 0.1) is 11.9 Å². The highest BCUT2D eigenvalue weighted by molar-refractivity contribution is 7.92. The van der Waals surface area contributed by atoms with Crippen LogP contribution < -0.4 is 19.1 Å². The second kappa shape index (κ2) is 10.2. The summed E-state index contributed by atoms with van der Waals surface area (Å²) in [6.07, 6.45) is 0.898. The molecule has 0 aliphatic carbocycles. The molecule has 32 heavy (non-hydrogen) atoms. The quantitative estimate of drug-likeness (QED) is 0.508. The molecular formula is C24H26N2O5S. The Morgan fingerprint density at radius 2 is 1.47 bits per heavy atom. The van der Waals surface area contributed by atoms with Crippen LogP contribution in [0.1, 0.15) is 13.3 Å². The highest BCUT2D eigenvalue weighted by Gasteiger charge is 2.19. The Labute approximate surface area is 188 Å². The van der Waals surface area contributed by atoms with Gasteiger partial charge >= 0.3 is 0 Å². The standard InChI is InChI=1S/C24H26N2O5S/c1-4-23(31-22-16-12-19(13-17-22)26(2)32(3,28)29)24(27)25-18-10-14-21(15-11-18)30-20-8-6-5-7-9-20/h5-17,23H,4H2,1-3H3,(H,25,27)/t23-/m0/s1. The number of benzene rings is 3. The summed E-state index contributed by atoms with van der Waals surface area (Å²) in [5.74, 6) is 1.60. The maximum absolute atomic E-state index is 12.7. The van der Waals surface area contributed by atoms with Gasteiger partial charge in [0.1, 0.15) is 17.2 Å². The van der Waals surface area contributed by atoms with Crippen molar-refractivity contribution in [2.45, 2.75) is 19.4 Å². The van der Waals surface area contributed by atoms with Crippen LogP contribution in [0.2, 0.25) is 0 Å². The average molecular weight is 455 g/mol. The van der Waals surface area contributed by atoms with Crippen molar-refractivity contribution in [1.82, 2.24) is 0 Å². The minimum atomic E-state index is -3.35. The number of sulfonamides is 1. The number of carbonyl (C=O) groups is 1. The van der Waals surface area contributed by atoms with Crippen LogP contribution in [-0.2, 0) is 14.8 Å². The topological polar surface area (TPSA) is 84.9 Å². The van der Waals surface area contributed by atoms with Crippen molar-refractivity contribution in [3.05, 3.63) is 78.9 Å². The van der Waals surface area contributed by atoms with E-state index in [-0.39, 0.29) is 5.91 Å². The van der Waals surface area contributed by atoms with Gasteiger partial charge in [-0.05, 0) is 67.1 Å². The van der Waals surface area contributed by atoms with E-state index in [0.29, 0.717) is 29.3 Å². The van der Waals surface area contributed by atoms with Gasteiger partial charge in [-0.25, -0.2) is 8.42 Å². The van der Waals surface area contributed by atoms with E-state index in [0.717, 1.165) is 12.0 Å². The Kier molecular flexibility index (Phi) is 7.37. The number of hydrogen-bond acceptors (Lipinski definition) is 5. The molecule has 0 spiro atoms. The van der Waals surface area contributed by atoms with Crippen molar-refractivity contribution < 1.29 is 22.7 Å². The fourth-order valence-corrected chi connectivity index (χ4v) is 3.37. The maximum atomic E-state index is 12.7. The lowest BCUT2D eigenvalue weighted by molar-refractivity contribution is -0.122. The molecule has 0 fully saturated rings. The molecule has 3 rings (SSSR count).